The van der Waals surface area contributed by atoms with Crippen molar-refractivity contribution in [3.63, 3.8) is 0 Å². The molecule has 3 N–H and O–H groups in total. The number of thiophene rings is 1. The Hall–Kier alpha value is -1.61. The van der Waals surface area contributed by atoms with Gasteiger partial charge < -0.3 is 11.1 Å². The summed E-state index contributed by atoms with van der Waals surface area (Å²) in [6.45, 7) is 1.15. The Morgan fingerprint density at radius 2 is 2.17 bits per heavy atom. The van der Waals surface area contributed by atoms with Gasteiger partial charge in [0.2, 0.25) is 5.91 Å². The number of anilines is 1. The molecule has 128 valence electrons. The highest BCUT2D eigenvalue weighted by Gasteiger charge is 2.34. The third-order valence-corrected chi connectivity index (χ3v) is 4.60. The maximum absolute atomic E-state index is 12.5. The summed E-state index contributed by atoms with van der Waals surface area (Å²) in [6, 6.07) is 1.58. The van der Waals surface area contributed by atoms with Crippen molar-refractivity contribution in [3.8, 4) is 0 Å². The van der Waals surface area contributed by atoms with E-state index in [1.165, 1.54) is 16.2 Å². The van der Waals surface area contributed by atoms with Gasteiger partial charge >= 0.3 is 6.18 Å². The van der Waals surface area contributed by atoms with E-state index in [1.54, 1.807) is 13.0 Å². The van der Waals surface area contributed by atoms with Gasteiger partial charge in [0.1, 0.15) is 5.00 Å². The van der Waals surface area contributed by atoms with E-state index in [4.69, 9.17) is 5.73 Å². The minimum absolute atomic E-state index is 0.0571. The molecule has 0 aliphatic carbocycles. The van der Waals surface area contributed by atoms with E-state index in [0.717, 1.165) is 4.88 Å². The predicted molar refractivity (Wildman–Crippen MR) is 81.4 cm³/mol. The smallest absolute Gasteiger partial charge is 0.366 e. The van der Waals surface area contributed by atoms with Crippen LogP contribution >= 0.6 is 11.3 Å². The number of carbonyl (C=O) groups excluding carboxylic acids is 2. The minimum atomic E-state index is -4.28. The Kier molecular flexibility index (Phi) is 5.30. The fraction of sp³-hybridized carbons (Fsp3) is 0.571. The fourth-order valence-electron chi connectivity index (χ4n) is 2.67. The first kappa shape index (κ1) is 17.7. The van der Waals surface area contributed by atoms with Crippen LogP contribution in [-0.4, -0.2) is 42.5 Å². The second kappa shape index (κ2) is 6.88. The standard InChI is InChI=1S/C14H18F3N3O2S/c1-8-5-10(11(18)21)13(23-8)19-12(22)9-3-2-4-20(6-9)7-14(15,16)17/h5,9H,2-4,6-7H2,1H3,(H2,18,21)(H,19,22)/t9-/m1/s1. The molecule has 1 aromatic heterocycles. The summed E-state index contributed by atoms with van der Waals surface area (Å²) in [5, 5.41) is 2.99. The SMILES string of the molecule is Cc1cc(C(N)=O)c(NC(=O)[C@@H]2CCCN(CC(F)(F)F)C2)s1. The van der Waals surface area contributed by atoms with Crippen LogP contribution < -0.4 is 11.1 Å². The van der Waals surface area contributed by atoms with Gasteiger partial charge in [-0.15, -0.1) is 11.3 Å². The molecule has 0 unspecified atom stereocenters. The molecule has 23 heavy (non-hydrogen) atoms. The molecule has 5 nitrogen and oxygen atoms in total. The van der Waals surface area contributed by atoms with E-state index in [9.17, 15) is 22.8 Å². The van der Waals surface area contributed by atoms with Crippen LogP contribution in [0.4, 0.5) is 18.2 Å². The summed E-state index contributed by atoms with van der Waals surface area (Å²) >= 11 is 1.22. The van der Waals surface area contributed by atoms with Crippen LogP contribution in [0.25, 0.3) is 0 Å². The first-order valence-electron chi connectivity index (χ1n) is 7.16. The third-order valence-electron chi connectivity index (χ3n) is 3.64. The number of carbonyl (C=O) groups is 2. The number of nitrogens with zero attached hydrogens (tertiary/aromatic N) is 1. The molecule has 1 aromatic rings. The summed E-state index contributed by atoms with van der Waals surface area (Å²) in [4.78, 5) is 25.7. The van der Waals surface area contributed by atoms with E-state index in [2.05, 4.69) is 5.32 Å². The Morgan fingerprint density at radius 3 is 2.78 bits per heavy atom. The molecule has 1 atom stereocenters. The molecule has 0 radical (unpaired) electrons. The molecule has 2 amide bonds. The summed E-state index contributed by atoms with van der Waals surface area (Å²) in [6.07, 6.45) is -3.22. The lowest BCUT2D eigenvalue weighted by atomic mass is 9.97. The molecular formula is C14H18F3N3O2S. The van der Waals surface area contributed by atoms with Crippen molar-refractivity contribution in [1.29, 1.82) is 0 Å². The van der Waals surface area contributed by atoms with Crippen molar-refractivity contribution in [1.82, 2.24) is 4.90 Å². The molecule has 1 aliphatic rings. The highest BCUT2D eigenvalue weighted by atomic mass is 32.1. The van der Waals surface area contributed by atoms with Gasteiger partial charge in [0.25, 0.3) is 5.91 Å². The van der Waals surface area contributed by atoms with E-state index in [-0.39, 0.29) is 18.0 Å². The lowest BCUT2D eigenvalue weighted by Gasteiger charge is -2.32. The molecule has 0 aromatic carbocycles. The molecule has 0 bridgehead atoms. The highest BCUT2D eigenvalue weighted by Crippen LogP contribution is 2.29. The average Bonchev–Trinajstić information content (AvgIpc) is 2.78. The largest absolute Gasteiger partial charge is 0.401 e. The first-order chi connectivity index (χ1) is 10.7. The van der Waals surface area contributed by atoms with Crippen molar-refractivity contribution in [2.75, 3.05) is 25.0 Å². The second-order valence-corrected chi connectivity index (χ2v) is 6.90. The number of aryl methyl sites for hydroxylation is 1. The van der Waals surface area contributed by atoms with Crippen molar-refractivity contribution in [2.24, 2.45) is 11.7 Å². The summed E-state index contributed by atoms with van der Waals surface area (Å²) in [7, 11) is 0. The summed E-state index contributed by atoms with van der Waals surface area (Å²) in [5.74, 6) is -1.55. The van der Waals surface area contributed by atoms with E-state index in [1.807, 2.05) is 0 Å². The maximum atomic E-state index is 12.5. The summed E-state index contributed by atoms with van der Waals surface area (Å²) in [5.41, 5.74) is 5.48. The number of piperidine rings is 1. The second-order valence-electron chi connectivity index (χ2n) is 5.64. The molecular weight excluding hydrogens is 331 g/mol. The first-order valence-corrected chi connectivity index (χ1v) is 7.97. The molecule has 1 aliphatic heterocycles. The number of nitrogens with two attached hydrogens (primary N) is 1. The zero-order valence-corrected chi connectivity index (χ0v) is 13.4. The number of rotatable bonds is 4. The highest BCUT2D eigenvalue weighted by molar-refractivity contribution is 7.16. The van der Waals surface area contributed by atoms with Crippen LogP contribution in [0.3, 0.4) is 0 Å². The van der Waals surface area contributed by atoms with Crippen LogP contribution in [0, 0.1) is 12.8 Å². The van der Waals surface area contributed by atoms with Crippen LogP contribution in [0.2, 0.25) is 0 Å². The Balaban J connectivity index is 2.02. The zero-order chi connectivity index (χ0) is 17.2. The maximum Gasteiger partial charge on any atom is 0.401 e. The molecule has 2 heterocycles. The molecule has 9 heteroatoms. The Morgan fingerprint density at radius 1 is 1.48 bits per heavy atom. The van der Waals surface area contributed by atoms with E-state index >= 15 is 0 Å². The number of hydrogen-bond donors (Lipinski definition) is 2. The zero-order valence-electron chi connectivity index (χ0n) is 12.6. The molecule has 0 saturated carbocycles. The van der Waals surface area contributed by atoms with Gasteiger partial charge in [-0.1, -0.05) is 0 Å². The number of amides is 2. The average molecular weight is 349 g/mol. The van der Waals surface area contributed by atoms with E-state index in [0.29, 0.717) is 24.4 Å². The number of likely N-dealkylation sites (tertiary alicyclic amines) is 1. The number of alkyl halides is 3. The van der Waals surface area contributed by atoms with Gasteiger partial charge in [-0.25, -0.2) is 0 Å². The van der Waals surface area contributed by atoms with Crippen LogP contribution in [-0.2, 0) is 4.79 Å². The Bertz CT molecular complexity index is 601. The lowest BCUT2D eigenvalue weighted by Crippen LogP contribution is -2.44. The molecule has 1 fully saturated rings. The van der Waals surface area contributed by atoms with Crippen molar-refractivity contribution in [2.45, 2.75) is 25.9 Å². The predicted octanol–water partition coefficient (Wildman–Crippen LogP) is 2.37. The number of primary amides is 1. The fourth-order valence-corrected chi connectivity index (χ4v) is 3.59. The monoisotopic (exact) mass is 349 g/mol. The normalized spacial score (nSPS) is 19.6. The lowest BCUT2D eigenvalue weighted by molar-refractivity contribution is -0.151. The van der Waals surface area contributed by atoms with Crippen LogP contribution in [0.15, 0.2) is 6.07 Å². The summed E-state index contributed by atoms with van der Waals surface area (Å²) < 4.78 is 37.4. The number of halogens is 3. The van der Waals surface area contributed by atoms with Gasteiger partial charge in [0, 0.05) is 11.4 Å². The Labute approximate surface area is 135 Å². The van der Waals surface area contributed by atoms with Gasteiger partial charge in [0.15, 0.2) is 0 Å². The third kappa shape index (κ3) is 4.93. The topological polar surface area (TPSA) is 75.4 Å². The van der Waals surface area contributed by atoms with Gasteiger partial charge in [0.05, 0.1) is 18.0 Å². The van der Waals surface area contributed by atoms with Crippen molar-refractivity contribution in [3.05, 3.63) is 16.5 Å². The molecule has 1 saturated heterocycles. The van der Waals surface area contributed by atoms with Crippen molar-refractivity contribution < 1.29 is 22.8 Å². The van der Waals surface area contributed by atoms with Gasteiger partial charge in [-0.3, -0.25) is 14.5 Å². The molecule has 0 spiro atoms. The van der Waals surface area contributed by atoms with Crippen molar-refractivity contribution >= 4 is 28.2 Å². The number of nitrogens with one attached hydrogen (secondary N) is 1. The number of hydrogen-bond acceptors (Lipinski definition) is 4. The quantitative estimate of drug-likeness (QED) is 0.876. The van der Waals surface area contributed by atoms with Gasteiger partial charge in [-0.05, 0) is 32.4 Å². The minimum Gasteiger partial charge on any atom is -0.366 e. The van der Waals surface area contributed by atoms with Gasteiger partial charge in [-0.2, -0.15) is 13.2 Å². The molecule has 2 rings (SSSR count). The van der Waals surface area contributed by atoms with E-state index < -0.39 is 24.5 Å². The van der Waals surface area contributed by atoms with Crippen LogP contribution in [0.1, 0.15) is 28.1 Å². The van der Waals surface area contributed by atoms with Crippen LogP contribution in [0.5, 0.6) is 0 Å².